The van der Waals surface area contributed by atoms with Crippen molar-refractivity contribution in [2.45, 2.75) is 19.4 Å². The highest BCUT2D eigenvalue weighted by Gasteiger charge is 2.31. The van der Waals surface area contributed by atoms with Gasteiger partial charge in [-0.2, -0.15) is 0 Å². The first-order chi connectivity index (χ1) is 8.38. The Balaban J connectivity index is 2.99. The van der Waals surface area contributed by atoms with E-state index in [1.54, 1.807) is 6.07 Å². The van der Waals surface area contributed by atoms with Gasteiger partial charge in [0.2, 0.25) is 11.3 Å². The quantitative estimate of drug-likeness (QED) is 0.479. The molecule has 7 nitrogen and oxygen atoms in total. The normalized spacial score (nSPS) is 12.1. The molecule has 98 valence electrons. The number of esters is 1. The van der Waals surface area contributed by atoms with Crippen molar-refractivity contribution < 1.29 is 28.7 Å². The van der Waals surface area contributed by atoms with Gasteiger partial charge >= 0.3 is 11.9 Å². The number of carboxylic acid groups (broad SMARTS) is 1. The molecule has 0 unspecified atom stereocenters. The number of aliphatic carboxylic acids is 1. The lowest BCUT2D eigenvalue weighted by atomic mass is 10.1. The first-order valence-electron chi connectivity index (χ1n) is 5.00. The molecule has 7 heteroatoms. The zero-order chi connectivity index (χ0) is 13.8. The van der Waals surface area contributed by atoms with Gasteiger partial charge in [0.25, 0.3) is 0 Å². The van der Waals surface area contributed by atoms with E-state index in [0.717, 1.165) is 0 Å². The van der Waals surface area contributed by atoms with Crippen LogP contribution in [0.25, 0.3) is 0 Å². The molecule has 1 aromatic heterocycles. The standard InChI is InChI=1S/C11H13NO6/c1-11(2,10(14)15)18-12-8(9(13)16-3)7-5-4-6-17-7/h4-6H,1-3H3,(H,14,15). The zero-order valence-corrected chi connectivity index (χ0v) is 10.2. The third kappa shape index (κ3) is 3.09. The molecule has 1 heterocycles. The Morgan fingerprint density at radius 3 is 2.56 bits per heavy atom. The molecule has 0 radical (unpaired) electrons. The second-order valence-electron chi connectivity index (χ2n) is 3.82. The van der Waals surface area contributed by atoms with Crippen molar-refractivity contribution in [2.75, 3.05) is 7.11 Å². The molecular formula is C11H13NO6. The fraction of sp³-hybridized carbons (Fsp3) is 0.364. The monoisotopic (exact) mass is 255 g/mol. The van der Waals surface area contributed by atoms with Crippen LogP contribution in [0.4, 0.5) is 0 Å². The first kappa shape index (κ1) is 13.8. The van der Waals surface area contributed by atoms with Crippen molar-refractivity contribution in [3.05, 3.63) is 24.2 Å². The molecule has 1 aromatic rings. The summed E-state index contributed by atoms with van der Waals surface area (Å²) in [6.07, 6.45) is 1.34. The van der Waals surface area contributed by atoms with Gasteiger partial charge in [0.05, 0.1) is 13.4 Å². The smallest absolute Gasteiger partial charge is 0.364 e. The third-order valence-corrected chi connectivity index (χ3v) is 2.01. The highest BCUT2D eigenvalue weighted by molar-refractivity contribution is 6.42. The summed E-state index contributed by atoms with van der Waals surface area (Å²) in [6, 6.07) is 3.03. The molecule has 0 saturated carbocycles. The molecule has 0 spiro atoms. The van der Waals surface area contributed by atoms with Crippen LogP contribution in [0.15, 0.2) is 28.0 Å². The van der Waals surface area contributed by atoms with Gasteiger partial charge in [0, 0.05) is 0 Å². The van der Waals surface area contributed by atoms with Crippen LogP contribution < -0.4 is 0 Å². The molecule has 0 saturated heterocycles. The zero-order valence-electron chi connectivity index (χ0n) is 10.2. The van der Waals surface area contributed by atoms with Crippen LogP contribution in [0.5, 0.6) is 0 Å². The molecule has 1 rings (SSSR count). The van der Waals surface area contributed by atoms with Gasteiger partial charge in [0.1, 0.15) is 0 Å². The fourth-order valence-corrected chi connectivity index (χ4v) is 0.892. The van der Waals surface area contributed by atoms with Gasteiger partial charge in [-0.1, -0.05) is 5.16 Å². The van der Waals surface area contributed by atoms with Gasteiger partial charge in [-0.05, 0) is 26.0 Å². The van der Waals surface area contributed by atoms with Crippen LogP contribution in [0, 0.1) is 0 Å². The van der Waals surface area contributed by atoms with Crippen molar-refractivity contribution in [1.29, 1.82) is 0 Å². The minimum Gasteiger partial charge on any atom is -0.478 e. The van der Waals surface area contributed by atoms with E-state index in [-0.39, 0.29) is 11.5 Å². The minimum atomic E-state index is -1.56. The van der Waals surface area contributed by atoms with Gasteiger partial charge < -0.3 is 19.1 Å². The Bertz CT molecular complexity index is 460. The summed E-state index contributed by atoms with van der Waals surface area (Å²) in [6.45, 7) is 2.60. The van der Waals surface area contributed by atoms with Crippen LogP contribution in [-0.2, 0) is 19.2 Å². The maximum absolute atomic E-state index is 11.5. The van der Waals surface area contributed by atoms with Crippen molar-refractivity contribution in [3.63, 3.8) is 0 Å². The topological polar surface area (TPSA) is 98.3 Å². The average molecular weight is 255 g/mol. The number of carboxylic acids is 1. The lowest BCUT2D eigenvalue weighted by Crippen LogP contribution is -2.34. The lowest BCUT2D eigenvalue weighted by molar-refractivity contribution is -0.161. The summed E-state index contributed by atoms with van der Waals surface area (Å²) < 4.78 is 9.49. The van der Waals surface area contributed by atoms with Crippen molar-refractivity contribution in [2.24, 2.45) is 5.16 Å². The predicted octanol–water partition coefficient (Wildman–Crippen LogP) is 1.04. The number of furan rings is 1. The number of ether oxygens (including phenoxy) is 1. The molecule has 0 atom stereocenters. The maximum Gasteiger partial charge on any atom is 0.364 e. The molecule has 0 aliphatic rings. The molecule has 0 amide bonds. The minimum absolute atomic E-state index is 0.128. The van der Waals surface area contributed by atoms with Gasteiger partial charge in [-0.3, -0.25) is 0 Å². The number of hydrogen-bond acceptors (Lipinski definition) is 6. The Labute approximate surface area is 103 Å². The number of nitrogens with zero attached hydrogens (tertiary/aromatic N) is 1. The summed E-state index contributed by atoms with van der Waals surface area (Å²) in [7, 11) is 1.17. The predicted molar refractivity (Wildman–Crippen MR) is 60.1 cm³/mol. The summed E-state index contributed by atoms with van der Waals surface area (Å²) in [5.41, 5.74) is -1.80. The second kappa shape index (κ2) is 5.35. The third-order valence-electron chi connectivity index (χ3n) is 2.01. The van der Waals surface area contributed by atoms with E-state index in [2.05, 4.69) is 9.89 Å². The average Bonchev–Trinajstić information content (AvgIpc) is 2.82. The molecule has 18 heavy (non-hydrogen) atoms. The molecule has 0 bridgehead atoms. The molecule has 0 fully saturated rings. The highest BCUT2D eigenvalue weighted by atomic mass is 16.7. The Kier molecular flexibility index (Phi) is 4.09. The summed E-state index contributed by atoms with van der Waals surface area (Å²) >= 11 is 0. The molecular weight excluding hydrogens is 242 g/mol. The van der Waals surface area contributed by atoms with E-state index in [9.17, 15) is 9.59 Å². The Hall–Kier alpha value is -2.31. The highest BCUT2D eigenvalue weighted by Crippen LogP contribution is 2.12. The van der Waals surface area contributed by atoms with Crippen LogP contribution in [-0.4, -0.2) is 35.5 Å². The largest absolute Gasteiger partial charge is 0.478 e. The van der Waals surface area contributed by atoms with Crippen molar-refractivity contribution in [3.8, 4) is 0 Å². The number of hydrogen-bond donors (Lipinski definition) is 1. The van der Waals surface area contributed by atoms with E-state index in [1.165, 1.54) is 33.3 Å². The molecule has 0 aliphatic heterocycles. The summed E-state index contributed by atoms with van der Waals surface area (Å²) in [5, 5.41) is 12.3. The van der Waals surface area contributed by atoms with E-state index in [1.807, 2.05) is 0 Å². The number of oxime groups is 1. The van der Waals surface area contributed by atoms with Gasteiger partial charge in [0.15, 0.2) is 5.76 Å². The van der Waals surface area contributed by atoms with E-state index in [4.69, 9.17) is 14.4 Å². The van der Waals surface area contributed by atoms with Crippen LogP contribution >= 0.6 is 0 Å². The van der Waals surface area contributed by atoms with Crippen LogP contribution in [0.3, 0.4) is 0 Å². The molecule has 1 N–H and O–H groups in total. The fourth-order valence-electron chi connectivity index (χ4n) is 0.892. The van der Waals surface area contributed by atoms with E-state index >= 15 is 0 Å². The number of carbonyl (C=O) groups excluding carboxylic acids is 1. The number of methoxy groups -OCH3 is 1. The van der Waals surface area contributed by atoms with Crippen LogP contribution in [0.2, 0.25) is 0 Å². The maximum atomic E-state index is 11.5. The second-order valence-corrected chi connectivity index (χ2v) is 3.82. The Morgan fingerprint density at radius 1 is 1.44 bits per heavy atom. The van der Waals surface area contributed by atoms with Crippen LogP contribution in [0.1, 0.15) is 19.6 Å². The molecule has 0 aliphatic carbocycles. The Morgan fingerprint density at radius 2 is 2.11 bits per heavy atom. The first-order valence-corrected chi connectivity index (χ1v) is 5.00. The van der Waals surface area contributed by atoms with E-state index in [0.29, 0.717) is 0 Å². The molecule has 0 aromatic carbocycles. The van der Waals surface area contributed by atoms with Crippen molar-refractivity contribution in [1.82, 2.24) is 0 Å². The van der Waals surface area contributed by atoms with Gasteiger partial charge in [-0.15, -0.1) is 0 Å². The number of carbonyl (C=O) groups is 2. The summed E-state index contributed by atoms with van der Waals surface area (Å²) in [5.74, 6) is -1.87. The number of rotatable bonds is 5. The van der Waals surface area contributed by atoms with E-state index < -0.39 is 17.5 Å². The SMILES string of the molecule is COC(=O)C(=NOC(C)(C)C(=O)O)c1ccco1. The van der Waals surface area contributed by atoms with Gasteiger partial charge in [-0.25, -0.2) is 9.59 Å². The van der Waals surface area contributed by atoms with Crippen molar-refractivity contribution >= 4 is 17.7 Å². The summed E-state index contributed by atoms with van der Waals surface area (Å²) in [4.78, 5) is 27.1. The lowest BCUT2D eigenvalue weighted by Gasteiger charge is -2.16.